The normalized spacial score (nSPS) is 15.9. The molecule has 1 aliphatic heterocycles. The number of thiazole rings is 1. The number of Topliss-reactive ketones (excluding diaryl/α,β-unsaturated/α-hetero) is 1. The van der Waals surface area contributed by atoms with Gasteiger partial charge >= 0.3 is 0 Å². The van der Waals surface area contributed by atoms with Crippen molar-refractivity contribution in [2.45, 2.75) is 6.04 Å². The molecule has 7 nitrogen and oxygen atoms in total. The highest BCUT2D eigenvalue weighted by atomic mass is 32.1. The summed E-state index contributed by atoms with van der Waals surface area (Å²) in [6, 6.07) is 23.2. The molecule has 0 bridgehead atoms. The van der Waals surface area contributed by atoms with Crippen LogP contribution in [-0.4, -0.2) is 35.9 Å². The molecule has 1 amide bonds. The first-order chi connectivity index (χ1) is 17.4. The van der Waals surface area contributed by atoms with E-state index in [9.17, 15) is 14.7 Å². The topological polar surface area (TPSA) is 86.9 Å². The lowest BCUT2D eigenvalue weighted by molar-refractivity contribution is -0.117. The van der Waals surface area contributed by atoms with E-state index >= 15 is 0 Å². The van der Waals surface area contributed by atoms with Crippen LogP contribution in [0, 0.1) is 0 Å². The first-order valence-corrected chi connectivity index (χ1v) is 12.2. The number of nitrogens with zero attached hydrogens (tertiary/aromatic N) is 3. The van der Waals surface area contributed by atoms with Gasteiger partial charge in [0.2, 0.25) is 5.78 Å². The van der Waals surface area contributed by atoms with Gasteiger partial charge in [-0.25, -0.2) is 4.98 Å². The Bertz CT molecular complexity index is 1610. The van der Waals surface area contributed by atoms with Crippen LogP contribution in [0.3, 0.4) is 0 Å². The lowest BCUT2D eigenvalue weighted by atomic mass is 9.95. The van der Waals surface area contributed by atoms with Crippen molar-refractivity contribution in [1.29, 1.82) is 0 Å². The third-order valence-corrected chi connectivity index (χ3v) is 7.35. The van der Waals surface area contributed by atoms with Gasteiger partial charge in [-0.15, -0.1) is 0 Å². The van der Waals surface area contributed by atoms with Crippen LogP contribution in [0.4, 0.5) is 10.8 Å². The summed E-state index contributed by atoms with van der Waals surface area (Å²) in [7, 11) is 3.87. The molecule has 5 aromatic rings. The number of carbonyl (C=O) groups excluding carboxylic acids is 2. The Morgan fingerprint density at radius 2 is 1.75 bits per heavy atom. The molecule has 1 unspecified atom stereocenters. The Balaban J connectivity index is 1.50. The zero-order valence-electron chi connectivity index (χ0n) is 19.5. The zero-order valence-corrected chi connectivity index (χ0v) is 20.3. The summed E-state index contributed by atoms with van der Waals surface area (Å²) in [6.45, 7) is 0. The van der Waals surface area contributed by atoms with Crippen LogP contribution in [0.5, 0.6) is 0 Å². The van der Waals surface area contributed by atoms with Gasteiger partial charge in [-0.3, -0.25) is 14.5 Å². The molecule has 2 aromatic heterocycles. The van der Waals surface area contributed by atoms with Crippen molar-refractivity contribution in [2.24, 2.45) is 0 Å². The van der Waals surface area contributed by atoms with E-state index < -0.39 is 23.5 Å². The minimum atomic E-state index is -0.866. The molecule has 0 saturated heterocycles. The van der Waals surface area contributed by atoms with Gasteiger partial charge in [0, 0.05) is 25.2 Å². The molecular weight excluding hydrogens is 474 g/mol. The molecule has 0 saturated carbocycles. The lowest BCUT2D eigenvalue weighted by Crippen LogP contribution is -2.31. The number of benzene rings is 3. The van der Waals surface area contributed by atoms with Crippen molar-refractivity contribution >= 4 is 55.0 Å². The number of hydrogen-bond donors (Lipinski definition) is 1. The molecule has 178 valence electrons. The monoisotopic (exact) mass is 495 g/mol. The molecule has 6 rings (SSSR count). The van der Waals surface area contributed by atoms with Gasteiger partial charge in [0.05, 0.1) is 21.8 Å². The molecule has 0 aliphatic carbocycles. The van der Waals surface area contributed by atoms with Gasteiger partial charge in [-0.2, -0.15) is 0 Å². The molecule has 8 heteroatoms. The number of hydrogen-bond acceptors (Lipinski definition) is 7. The number of aliphatic hydroxyl groups excluding tert-OH is 1. The van der Waals surface area contributed by atoms with Crippen LogP contribution in [0.15, 0.2) is 94.6 Å². The number of carbonyl (C=O) groups is 2. The molecule has 1 N–H and O–H groups in total. The number of ketones is 1. The van der Waals surface area contributed by atoms with E-state index in [2.05, 4.69) is 4.98 Å². The molecule has 1 aliphatic rings. The number of aromatic nitrogens is 1. The zero-order chi connectivity index (χ0) is 25.0. The highest BCUT2D eigenvalue weighted by molar-refractivity contribution is 7.22. The molecule has 3 aromatic carbocycles. The standard InChI is InChI=1S/C28H21N3O4S/c1-30(2)18-13-11-16(12-14-18)24-23(25(32)21-15-17-7-3-5-9-20(17)35-21)26(33)27(34)31(24)28-29-19-8-4-6-10-22(19)36-28/h3-15,24,33H,1-2H3. The van der Waals surface area contributed by atoms with Crippen LogP contribution in [0.2, 0.25) is 0 Å². The Hall–Kier alpha value is -4.43. The summed E-state index contributed by atoms with van der Waals surface area (Å²) in [5, 5.41) is 12.2. The average Bonchev–Trinajstić information content (AvgIpc) is 3.58. The van der Waals surface area contributed by atoms with Crippen molar-refractivity contribution in [3.05, 3.63) is 102 Å². The van der Waals surface area contributed by atoms with Gasteiger partial charge in [0.1, 0.15) is 5.58 Å². The molecule has 36 heavy (non-hydrogen) atoms. The third-order valence-electron chi connectivity index (χ3n) is 6.32. The number of furan rings is 1. The average molecular weight is 496 g/mol. The number of aliphatic hydroxyl groups is 1. The molecule has 0 spiro atoms. The maximum Gasteiger partial charge on any atom is 0.296 e. The van der Waals surface area contributed by atoms with Crippen molar-refractivity contribution in [3.8, 4) is 0 Å². The maximum atomic E-state index is 13.8. The summed E-state index contributed by atoms with van der Waals surface area (Å²) in [5.41, 5.74) is 2.91. The van der Waals surface area contributed by atoms with E-state index in [1.54, 1.807) is 12.1 Å². The van der Waals surface area contributed by atoms with E-state index in [0.29, 0.717) is 16.3 Å². The largest absolute Gasteiger partial charge is 0.503 e. The summed E-state index contributed by atoms with van der Waals surface area (Å²) >= 11 is 1.33. The smallest absolute Gasteiger partial charge is 0.296 e. The second-order valence-corrected chi connectivity index (χ2v) is 9.78. The van der Waals surface area contributed by atoms with Crippen molar-refractivity contribution in [3.63, 3.8) is 0 Å². The summed E-state index contributed by atoms with van der Waals surface area (Å²) in [5.74, 6) is -1.74. The van der Waals surface area contributed by atoms with Crippen LogP contribution in [-0.2, 0) is 4.79 Å². The fourth-order valence-corrected chi connectivity index (χ4v) is 5.49. The van der Waals surface area contributed by atoms with E-state index in [-0.39, 0.29) is 11.3 Å². The molecule has 0 fully saturated rings. The Labute approximate surface area is 210 Å². The van der Waals surface area contributed by atoms with E-state index in [1.165, 1.54) is 16.2 Å². The second-order valence-electron chi connectivity index (χ2n) is 8.77. The number of fused-ring (bicyclic) bond motifs is 2. The predicted octanol–water partition coefficient (Wildman–Crippen LogP) is 5.89. The van der Waals surface area contributed by atoms with Crippen LogP contribution in [0.25, 0.3) is 21.2 Å². The highest BCUT2D eigenvalue weighted by Gasteiger charge is 2.46. The summed E-state index contributed by atoms with van der Waals surface area (Å²) in [4.78, 5) is 35.2. The van der Waals surface area contributed by atoms with Crippen LogP contribution >= 0.6 is 11.3 Å². The Morgan fingerprint density at radius 1 is 1.03 bits per heavy atom. The Morgan fingerprint density at radius 3 is 2.47 bits per heavy atom. The number of anilines is 2. The predicted molar refractivity (Wildman–Crippen MR) is 141 cm³/mol. The molecule has 3 heterocycles. The van der Waals surface area contributed by atoms with Gasteiger partial charge in [-0.05, 0) is 42.0 Å². The molecule has 1 atom stereocenters. The van der Waals surface area contributed by atoms with Gasteiger partial charge < -0.3 is 14.4 Å². The summed E-state index contributed by atoms with van der Waals surface area (Å²) < 4.78 is 6.71. The van der Waals surface area contributed by atoms with E-state index in [0.717, 1.165) is 21.3 Å². The van der Waals surface area contributed by atoms with Crippen LogP contribution in [0.1, 0.15) is 22.2 Å². The number of para-hydroxylation sites is 2. The fraction of sp³-hybridized carbons (Fsp3) is 0.107. The van der Waals surface area contributed by atoms with Crippen molar-refractivity contribution in [1.82, 2.24) is 4.98 Å². The van der Waals surface area contributed by atoms with E-state index in [4.69, 9.17) is 4.42 Å². The summed E-state index contributed by atoms with van der Waals surface area (Å²) in [6.07, 6.45) is 0. The van der Waals surface area contributed by atoms with Crippen molar-refractivity contribution in [2.75, 3.05) is 23.9 Å². The first-order valence-electron chi connectivity index (χ1n) is 11.3. The number of rotatable bonds is 5. The number of amides is 1. The van der Waals surface area contributed by atoms with Crippen molar-refractivity contribution < 1.29 is 19.1 Å². The minimum Gasteiger partial charge on any atom is -0.503 e. The Kier molecular flexibility index (Phi) is 5.12. The first kappa shape index (κ1) is 22.1. The van der Waals surface area contributed by atoms with Gasteiger partial charge in [0.15, 0.2) is 16.7 Å². The van der Waals surface area contributed by atoms with Crippen LogP contribution < -0.4 is 9.80 Å². The van der Waals surface area contributed by atoms with E-state index in [1.807, 2.05) is 85.7 Å². The van der Waals surface area contributed by atoms with Gasteiger partial charge in [0.25, 0.3) is 5.91 Å². The minimum absolute atomic E-state index is 0.0316. The third kappa shape index (κ3) is 3.46. The quantitative estimate of drug-likeness (QED) is 0.306. The lowest BCUT2D eigenvalue weighted by Gasteiger charge is -2.25. The molecule has 0 radical (unpaired) electrons. The fourth-order valence-electron chi connectivity index (χ4n) is 4.49. The SMILES string of the molecule is CN(C)c1ccc(C2C(C(=O)c3cc4ccccc4o3)=C(O)C(=O)N2c2nc3ccccc3s2)cc1. The molecular formula is C28H21N3O4S. The van der Waals surface area contributed by atoms with Gasteiger partial charge in [-0.1, -0.05) is 53.8 Å². The maximum absolute atomic E-state index is 13.8. The second kappa shape index (κ2) is 8.35. The highest BCUT2D eigenvalue weighted by Crippen LogP contribution is 2.44.